The summed E-state index contributed by atoms with van der Waals surface area (Å²) >= 11 is 0. The number of nitrogen functional groups attached to an aromatic ring is 1. The third kappa shape index (κ3) is 2.75. The van der Waals surface area contributed by atoms with Crippen LogP contribution < -0.4 is 11.1 Å². The van der Waals surface area contributed by atoms with Crippen LogP contribution in [-0.2, 0) is 0 Å². The smallest absolute Gasteiger partial charge is 0.101 e. The summed E-state index contributed by atoms with van der Waals surface area (Å²) < 4.78 is 0. The Kier molecular flexibility index (Phi) is 3.44. The summed E-state index contributed by atoms with van der Waals surface area (Å²) in [6, 6.07) is 5.93. The number of nitrogens with zero attached hydrogens (tertiary/aromatic N) is 1. The number of aryl methyl sites for hydroxylation is 1. The number of rotatable bonds is 1. The van der Waals surface area contributed by atoms with E-state index in [2.05, 4.69) is 17.2 Å². The van der Waals surface area contributed by atoms with Crippen molar-refractivity contribution in [2.45, 2.75) is 32.6 Å². The fourth-order valence-electron chi connectivity index (χ4n) is 1.96. The molecule has 3 nitrogen and oxygen atoms in total. The minimum absolute atomic E-state index is 0.811. The second-order valence-electron chi connectivity index (χ2n) is 4.34. The molecule has 0 aromatic heterocycles. The maximum atomic E-state index is 5.73. The number of hydrogen-bond acceptors (Lipinski definition) is 3. The predicted molar refractivity (Wildman–Crippen MR) is 70.0 cm³/mol. The molecule has 1 aliphatic rings. The van der Waals surface area contributed by atoms with Gasteiger partial charge in [-0.1, -0.05) is 6.42 Å². The largest absolute Gasteiger partial charge is 0.399 e. The Morgan fingerprint density at radius 2 is 2.12 bits per heavy atom. The zero-order valence-electron chi connectivity index (χ0n) is 9.79. The number of hydrogen-bond donors (Lipinski definition) is 2. The summed E-state index contributed by atoms with van der Waals surface area (Å²) in [5, 5.41) is 3.41. The van der Waals surface area contributed by atoms with Crippen molar-refractivity contribution in [1.82, 2.24) is 0 Å². The molecule has 0 spiro atoms. The number of anilines is 2. The van der Waals surface area contributed by atoms with Gasteiger partial charge in [0, 0.05) is 24.3 Å². The third-order valence-electron chi connectivity index (χ3n) is 2.90. The molecule has 1 heterocycles. The second kappa shape index (κ2) is 5.01. The average molecular weight is 217 g/mol. The Morgan fingerprint density at radius 3 is 2.94 bits per heavy atom. The lowest BCUT2D eigenvalue weighted by molar-refractivity contribution is 0.731. The Labute approximate surface area is 96.8 Å². The van der Waals surface area contributed by atoms with Gasteiger partial charge in [-0.05, 0) is 43.5 Å². The van der Waals surface area contributed by atoms with Crippen LogP contribution in [-0.4, -0.2) is 12.4 Å². The highest BCUT2D eigenvalue weighted by molar-refractivity contribution is 5.96. The Morgan fingerprint density at radius 1 is 1.25 bits per heavy atom. The van der Waals surface area contributed by atoms with Crippen molar-refractivity contribution in [2.75, 3.05) is 17.6 Å². The van der Waals surface area contributed by atoms with E-state index in [1.165, 1.54) is 24.8 Å². The molecular weight excluding hydrogens is 198 g/mol. The molecule has 0 saturated carbocycles. The Bertz CT molecular complexity index is 396. The van der Waals surface area contributed by atoms with E-state index in [0.717, 1.165) is 30.2 Å². The maximum Gasteiger partial charge on any atom is 0.101 e. The van der Waals surface area contributed by atoms with Gasteiger partial charge in [0.25, 0.3) is 0 Å². The lowest BCUT2D eigenvalue weighted by atomic mass is 10.1. The van der Waals surface area contributed by atoms with Crippen LogP contribution in [0.4, 0.5) is 11.4 Å². The van der Waals surface area contributed by atoms with Crippen molar-refractivity contribution in [3.63, 3.8) is 0 Å². The zero-order valence-corrected chi connectivity index (χ0v) is 9.79. The first-order valence-electron chi connectivity index (χ1n) is 5.92. The normalized spacial score (nSPS) is 16.4. The molecule has 0 bridgehead atoms. The minimum atomic E-state index is 0.811. The highest BCUT2D eigenvalue weighted by Gasteiger charge is 2.06. The van der Waals surface area contributed by atoms with Crippen LogP contribution in [0.25, 0.3) is 0 Å². The van der Waals surface area contributed by atoms with Crippen molar-refractivity contribution in [3.8, 4) is 0 Å². The molecule has 0 unspecified atom stereocenters. The van der Waals surface area contributed by atoms with E-state index in [4.69, 9.17) is 5.73 Å². The monoisotopic (exact) mass is 217 g/mol. The van der Waals surface area contributed by atoms with Crippen molar-refractivity contribution in [1.29, 1.82) is 0 Å². The number of benzene rings is 1. The van der Waals surface area contributed by atoms with Gasteiger partial charge in [-0.2, -0.15) is 0 Å². The van der Waals surface area contributed by atoms with Crippen LogP contribution >= 0.6 is 0 Å². The molecule has 3 N–H and O–H groups in total. The van der Waals surface area contributed by atoms with Gasteiger partial charge >= 0.3 is 0 Å². The average Bonchev–Trinajstić information content (AvgIpc) is 2.51. The SMILES string of the molecule is Cc1cc(N)ccc1NC1=NCCCCC1. The quantitative estimate of drug-likeness (QED) is 0.710. The van der Waals surface area contributed by atoms with Crippen LogP contribution in [0, 0.1) is 6.92 Å². The minimum Gasteiger partial charge on any atom is -0.399 e. The highest BCUT2D eigenvalue weighted by Crippen LogP contribution is 2.19. The highest BCUT2D eigenvalue weighted by atomic mass is 15.0. The zero-order chi connectivity index (χ0) is 11.4. The van der Waals surface area contributed by atoms with Gasteiger partial charge in [0.1, 0.15) is 5.84 Å². The molecule has 0 saturated heterocycles. The first-order chi connectivity index (χ1) is 7.75. The Hall–Kier alpha value is -1.51. The molecular formula is C13H19N3. The molecule has 0 radical (unpaired) electrons. The maximum absolute atomic E-state index is 5.73. The molecule has 2 rings (SSSR count). The topological polar surface area (TPSA) is 50.4 Å². The summed E-state index contributed by atoms with van der Waals surface area (Å²) in [7, 11) is 0. The van der Waals surface area contributed by atoms with Crippen LogP contribution in [0.3, 0.4) is 0 Å². The fraction of sp³-hybridized carbons (Fsp3) is 0.462. The number of amidine groups is 1. The molecule has 0 amide bonds. The standard InChI is InChI=1S/C13H19N3/c1-10-9-11(14)6-7-12(10)16-13-5-3-2-4-8-15-13/h6-7,9H,2-5,8,14H2,1H3,(H,15,16). The summed E-state index contributed by atoms with van der Waals surface area (Å²) in [4.78, 5) is 4.56. The van der Waals surface area contributed by atoms with Crippen molar-refractivity contribution < 1.29 is 0 Å². The van der Waals surface area contributed by atoms with Crippen molar-refractivity contribution in [2.24, 2.45) is 4.99 Å². The molecule has 0 aliphatic carbocycles. The van der Waals surface area contributed by atoms with Crippen LogP contribution in [0.5, 0.6) is 0 Å². The van der Waals surface area contributed by atoms with Crippen LogP contribution in [0.2, 0.25) is 0 Å². The van der Waals surface area contributed by atoms with Crippen LogP contribution in [0.1, 0.15) is 31.2 Å². The molecule has 0 atom stereocenters. The fourth-order valence-corrected chi connectivity index (χ4v) is 1.96. The number of nitrogens with two attached hydrogens (primary N) is 1. The molecule has 86 valence electrons. The van der Waals surface area contributed by atoms with Gasteiger partial charge in [-0.3, -0.25) is 4.99 Å². The van der Waals surface area contributed by atoms with Gasteiger partial charge in [-0.25, -0.2) is 0 Å². The van der Waals surface area contributed by atoms with Gasteiger partial charge in [0.05, 0.1) is 0 Å². The summed E-state index contributed by atoms with van der Waals surface area (Å²) in [6.07, 6.45) is 4.80. The van der Waals surface area contributed by atoms with E-state index < -0.39 is 0 Å². The van der Waals surface area contributed by atoms with Gasteiger partial charge in [0.15, 0.2) is 0 Å². The lowest BCUT2D eigenvalue weighted by Gasteiger charge is -2.11. The number of nitrogens with one attached hydrogen (secondary N) is 1. The van der Waals surface area contributed by atoms with E-state index in [0.29, 0.717) is 0 Å². The summed E-state index contributed by atoms with van der Waals surface area (Å²) in [6.45, 7) is 3.02. The van der Waals surface area contributed by atoms with Gasteiger partial charge in [-0.15, -0.1) is 0 Å². The lowest BCUT2D eigenvalue weighted by Crippen LogP contribution is -2.12. The van der Waals surface area contributed by atoms with E-state index in [-0.39, 0.29) is 0 Å². The molecule has 1 aliphatic heterocycles. The molecule has 16 heavy (non-hydrogen) atoms. The van der Waals surface area contributed by atoms with E-state index in [1.807, 2.05) is 18.2 Å². The van der Waals surface area contributed by atoms with Crippen molar-refractivity contribution in [3.05, 3.63) is 23.8 Å². The van der Waals surface area contributed by atoms with E-state index in [9.17, 15) is 0 Å². The molecule has 0 fully saturated rings. The van der Waals surface area contributed by atoms with Crippen molar-refractivity contribution >= 4 is 17.2 Å². The van der Waals surface area contributed by atoms with Gasteiger partial charge < -0.3 is 11.1 Å². The molecule has 1 aromatic carbocycles. The molecule has 3 heteroatoms. The van der Waals surface area contributed by atoms with Crippen LogP contribution in [0.15, 0.2) is 23.2 Å². The second-order valence-corrected chi connectivity index (χ2v) is 4.34. The Balaban J connectivity index is 2.10. The third-order valence-corrected chi connectivity index (χ3v) is 2.90. The van der Waals surface area contributed by atoms with E-state index >= 15 is 0 Å². The first-order valence-corrected chi connectivity index (χ1v) is 5.92. The van der Waals surface area contributed by atoms with Gasteiger partial charge in [0.2, 0.25) is 0 Å². The number of aliphatic imine (C=N–C) groups is 1. The molecule has 1 aromatic rings. The first kappa shape index (κ1) is 11.0. The predicted octanol–water partition coefficient (Wildman–Crippen LogP) is 2.96. The van der Waals surface area contributed by atoms with E-state index in [1.54, 1.807) is 0 Å². The summed E-state index contributed by atoms with van der Waals surface area (Å²) in [5.41, 5.74) is 8.83. The summed E-state index contributed by atoms with van der Waals surface area (Å²) in [5.74, 6) is 1.12.